The first-order chi connectivity index (χ1) is 8.83. The molecule has 0 unspecified atom stereocenters. The van der Waals surface area contributed by atoms with Crippen molar-refractivity contribution in [2.75, 3.05) is 5.75 Å². The molecule has 1 aliphatic rings. The fraction of sp³-hybridized carbons (Fsp3) is 0.308. The fourth-order valence-electron chi connectivity index (χ4n) is 1.61. The molecule has 0 atom stereocenters. The molecule has 1 aliphatic carbocycles. The Bertz CT molecular complexity index is 549. The molecule has 2 aromatic rings. The van der Waals surface area contributed by atoms with E-state index < -0.39 is 0 Å². The summed E-state index contributed by atoms with van der Waals surface area (Å²) >= 11 is 3.11. The minimum atomic E-state index is 0.142. The molecule has 0 N–H and O–H groups in total. The van der Waals surface area contributed by atoms with Gasteiger partial charge in [0, 0.05) is 11.5 Å². The van der Waals surface area contributed by atoms with Gasteiger partial charge in [0.15, 0.2) is 10.1 Å². The number of aromatic nitrogens is 2. The van der Waals surface area contributed by atoms with Gasteiger partial charge in [-0.25, -0.2) is 0 Å². The molecule has 1 aromatic carbocycles. The van der Waals surface area contributed by atoms with Gasteiger partial charge in [0.1, 0.15) is 5.01 Å². The first-order valence-electron chi connectivity index (χ1n) is 5.87. The van der Waals surface area contributed by atoms with Crippen molar-refractivity contribution in [3.63, 3.8) is 0 Å². The highest BCUT2D eigenvalue weighted by Gasteiger charge is 2.27. The lowest BCUT2D eigenvalue weighted by atomic mass is 10.2. The van der Waals surface area contributed by atoms with E-state index in [4.69, 9.17) is 0 Å². The van der Waals surface area contributed by atoms with Crippen LogP contribution in [0.5, 0.6) is 0 Å². The molecule has 1 saturated carbocycles. The number of Topliss-reactive ketones (excluding diaryl/α,β-unsaturated/α-hetero) is 1. The van der Waals surface area contributed by atoms with Crippen LogP contribution in [0.2, 0.25) is 0 Å². The number of nitrogens with zero attached hydrogens (tertiary/aromatic N) is 2. The Morgan fingerprint density at radius 1 is 1.28 bits per heavy atom. The monoisotopic (exact) mass is 276 g/mol. The first-order valence-corrected chi connectivity index (χ1v) is 7.67. The van der Waals surface area contributed by atoms with Crippen LogP contribution < -0.4 is 0 Å². The van der Waals surface area contributed by atoms with E-state index in [9.17, 15) is 4.79 Å². The number of carbonyl (C=O) groups excluding carboxylic acids is 1. The number of hydrogen-bond acceptors (Lipinski definition) is 5. The van der Waals surface area contributed by atoms with E-state index in [0.717, 1.165) is 14.9 Å². The number of carbonyl (C=O) groups is 1. The maximum absolute atomic E-state index is 11.9. The second-order valence-corrected chi connectivity index (χ2v) is 6.49. The highest BCUT2D eigenvalue weighted by molar-refractivity contribution is 8.01. The predicted octanol–water partition coefficient (Wildman–Crippen LogP) is 3.39. The summed E-state index contributed by atoms with van der Waals surface area (Å²) < 4.78 is 0.904. The zero-order valence-electron chi connectivity index (χ0n) is 9.70. The summed E-state index contributed by atoms with van der Waals surface area (Å²) in [6.07, 6.45) is 2.48. The van der Waals surface area contributed by atoms with E-state index >= 15 is 0 Å². The van der Waals surface area contributed by atoms with E-state index in [0.29, 0.717) is 11.7 Å². The van der Waals surface area contributed by atoms with Crippen LogP contribution in [0.15, 0.2) is 34.7 Å². The van der Waals surface area contributed by atoms with Crippen LogP contribution in [0, 0.1) is 0 Å². The lowest BCUT2D eigenvalue weighted by Gasteiger charge is -1.97. The van der Waals surface area contributed by atoms with Crippen molar-refractivity contribution < 1.29 is 4.79 Å². The van der Waals surface area contributed by atoms with Gasteiger partial charge in [-0.05, 0) is 12.8 Å². The molecular formula is C13H12N2OS2. The van der Waals surface area contributed by atoms with Crippen molar-refractivity contribution in [2.45, 2.75) is 23.1 Å². The molecule has 1 fully saturated rings. The number of benzene rings is 1. The number of rotatable bonds is 5. The third-order valence-electron chi connectivity index (χ3n) is 2.77. The van der Waals surface area contributed by atoms with E-state index in [1.54, 1.807) is 11.3 Å². The predicted molar refractivity (Wildman–Crippen MR) is 73.4 cm³/mol. The second-order valence-electron chi connectivity index (χ2n) is 4.26. The molecule has 1 heterocycles. The van der Waals surface area contributed by atoms with Gasteiger partial charge in [-0.1, -0.05) is 53.4 Å². The van der Waals surface area contributed by atoms with Gasteiger partial charge in [-0.2, -0.15) is 0 Å². The van der Waals surface area contributed by atoms with Crippen molar-refractivity contribution >= 4 is 28.9 Å². The van der Waals surface area contributed by atoms with Crippen molar-refractivity contribution in [3.8, 4) is 0 Å². The molecule has 0 bridgehead atoms. The Hall–Kier alpha value is -1.20. The molecule has 3 nitrogen and oxygen atoms in total. The van der Waals surface area contributed by atoms with Crippen LogP contribution in [0.4, 0.5) is 0 Å². The highest BCUT2D eigenvalue weighted by atomic mass is 32.2. The molecule has 0 amide bonds. The van der Waals surface area contributed by atoms with Gasteiger partial charge in [0.2, 0.25) is 0 Å². The Morgan fingerprint density at radius 3 is 2.78 bits per heavy atom. The maximum Gasteiger partial charge on any atom is 0.174 e. The largest absolute Gasteiger partial charge is 0.293 e. The van der Waals surface area contributed by atoms with Crippen molar-refractivity contribution in [3.05, 3.63) is 40.9 Å². The van der Waals surface area contributed by atoms with E-state index in [1.165, 1.54) is 24.6 Å². The average molecular weight is 276 g/mol. The number of thioether (sulfide) groups is 1. The van der Waals surface area contributed by atoms with Crippen LogP contribution in [-0.4, -0.2) is 21.7 Å². The minimum absolute atomic E-state index is 0.142. The third kappa shape index (κ3) is 2.79. The number of hydrogen-bond donors (Lipinski definition) is 0. The van der Waals surface area contributed by atoms with E-state index in [1.807, 2.05) is 30.3 Å². The molecule has 1 aromatic heterocycles. The van der Waals surface area contributed by atoms with Crippen molar-refractivity contribution in [1.29, 1.82) is 0 Å². The molecule has 3 rings (SSSR count). The molecule has 18 heavy (non-hydrogen) atoms. The Labute approximate surface area is 114 Å². The van der Waals surface area contributed by atoms with Gasteiger partial charge < -0.3 is 0 Å². The van der Waals surface area contributed by atoms with Crippen LogP contribution >= 0.6 is 23.1 Å². The summed E-state index contributed by atoms with van der Waals surface area (Å²) in [5, 5.41) is 9.42. The normalized spacial score (nSPS) is 14.7. The lowest BCUT2D eigenvalue weighted by Crippen LogP contribution is -2.01. The number of ketones is 1. The SMILES string of the molecule is O=C(CSc1nnc(C2CC2)s1)c1ccccc1. The smallest absolute Gasteiger partial charge is 0.174 e. The summed E-state index contributed by atoms with van der Waals surface area (Å²) in [7, 11) is 0. The second kappa shape index (κ2) is 5.20. The van der Waals surface area contributed by atoms with Crippen molar-refractivity contribution in [2.24, 2.45) is 0 Å². The molecule has 0 aliphatic heterocycles. The molecule has 0 spiro atoms. The van der Waals surface area contributed by atoms with Crippen molar-refractivity contribution in [1.82, 2.24) is 10.2 Å². The zero-order valence-corrected chi connectivity index (χ0v) is 11.3. The zero-order chi connectivity index (χ0) is 12.4. The van der Waals surface area contributed by atoms with Crippen LogP contribution in [-0.2, 0) is 0 Å². The van der Waals surface area contributed by atoms with Crippen LogP contribution in [0.25, 0.3) is 0 Å². The van der Waals surface area contributed by atoms with Gasteiger partial charge in [-0.15, -0.1) is 10.2 Å². The topological polar surface area (TPSA) is 42.9 Å². The van der Waals surface area contributed by atoms with Crippen LogP contribution in [0.1, 0.15) is 34.1 Å². The summed E-state index contributed by atoms with van der Waals surface area (Å²) in [6, 6.07) is 9.37. The van der Waals surface area contributed by atoms with Gasteiger partial charge >= 0.3 is 0 Å². The molecule has 92 valence electrons. The van der Waals surface area contributed by atoms with Gasteiger partial charge in [0.25, 0.3) is 0 Å². The van der Waals surface area contributed by atoms with Gasteiger partial charge in [0.05, 0.1) is 5.75 Å². The summed E-state index contributed by atoms with van der Waals surface area (Å²) in [5.74, 6) is 1.22. The van der Waals surface area contributed by atoms with E-state index in [-0.39, 0.29) is 5.78 Å². The summed E-state index contributed by atoms with van der Waals surface area (Å²) in [4.78, 5) is 11.9. The first kappa shape index (κ1) is 11.9. The van der Waals surface area contributed by atoms with Gasteiger partial charge in [-0.3, -0.25) is 4.79 Å². The van der Waals surface area contributed by atoms with E-state index in [2.05, 4.69) is 10.2 Å². The molecular weight excluding hydrogens is 264 g/mol. The third-order valence-corrected chi connectivity index (χ3v) is 4.99. The average Bonchev–Trinajstić information content (AvgIpc) is 3.16. The molecule has 5 heteroatoms. The summed E-state index contributed by atoms with van der Waals surface area (Å²) in [5.41, 5.74) is 0.761. The Kier molecular flexibility index (Phi) is 3.43. The highest BCUT2D eigenvalue weighted by Crippen LogP contribution is 2.42. The Balaban J connectivity index is 1.58. The molecule has 0 saturated heterocycles. The minimum Gasteiger partial charge on any atom is -0.293 e. The fourth-order valence-corrected chi connectivity index (χ4v) is 3.54. The Morgan fingerprint density at radius 2 is 2.06 bits per heavy atom. The lowest BCUT2D eigenvalue weighted by molar-refractivity contribution is 0.102. The molecule has 0 radical (unpaired) electrons. The maximum atomic E-state index is 11.9. The summed E-state index contributed by atoms with van der Waals surface area (Å²) in [6.45, 7) is 0. The van der Waals surface area contributed by atoms with Crippen LogP contribution in [0.3, 0.4) is 0 Å². The standard InChI is InChI=1S/C13H12N2OS2/c16-11(9-4-2-1-3-5-9)8-17-13-15-14-12(18-13)10-6-7-10/h1-5,10H,6-8H2. The quantitative estimate of drug-likeness (QED) is 0.620.